The molecule has 1 amide bonds. The normalized spacial score (nSPS) is 11.0. The molecule has 0 aromatic heterocycles. The van der Waals surface area contributed by atoms with Gasteiger partial charge >= 0.3 is 0 Å². The summed E-state index contributed by atoms with van der Waals surface area (Å²) in [6.45, 7) is 7.25. The molecule has 0 saturated heterocycles. The molecule has 0 spiro atoms. The first-order valence-corrected chi connectivity index (χ1v) is 8.24. The second-order valence-corrected chi connectivity index (χ2v) is 5.61. The van der Waals surface area contributed by atoms with Crippen LogP contribution in [0, 0.1) is 0 Å². The Bertz CT molecular complexity index is 604. The Morgan fingerprint density at radius 1 is 1.05 bits per heavy atom. The molecule has 0 aliphatic carbocycles. The molecule has 118 valence electrons. The Labute approximate surface area is 133 Å². The van der Waals surface area contributed by atoms with Gasteiger partial charge in [0, 0.05) is 24.0 Å². The van der Waals surface area contributed by atoms with Gasteiger partial charge in [0.25, 0.3) is 0 Å². The predicted octanol–water partition coefficient (Wildman–Crippen LogP) is 4.29. The van der Waals surface area contributed by atoms with E-state index in [4.69, 9.17) is 0 Å². The van der Waals surface area contributed by atoms with Crippen molar-refractivity contribution in [2.24, 2.45) is 0 Å². The molecule has 3 nitrogen and oxygen atoms in total. The lowest BCUT2D eigenvalue weighted by atomic mass is 10.1. The fourth-order valence-electron chi connectivity index (χ4n) is 2.62. The smallest absolute Gasteiger partial charge is 0.225 e. The van der Waals surface area contributed by atoms with E-state index in [9.17, 15) is 4.79 Å². The number of rotatable bonds is 8. The van der Waals surface area contributed by atoms with Gasteiger partial charge in [-0.1, -0.05) is 56.7 Å². The minimum atomic E-state index is 0.0892. The van der Waals surface area contributed by atoms with E-state index in [0.717, 1.165) is 36.1 Å². The van der Waals surface area contributed by atoms with E-state index in [1.807, 2.05) is 30.3 Å². The van der Waals surface area contributed by atoms with Gasteiger partial charge in [-0.05, 0) is 31.0 Å². The zero-order valence-corrected chi connectivity index (χ0v) is 13.6. The summed E-state index contributed by atoms with van der Waals surface area (Å²) in [6, 6.07) is 14.1. The van der Waals surface area contributed by atoms with Crippen molar-refractivity contribution in [3.05, 3.63) is 42.5 Å². The second-order valence-electron chi connectivity index (χ2n) is 5.61. The number of hydrogen-bond donors (Lipinski definition) is 1. The largest absolute Gasteiger partial charge is 0.325 e. The highest BCUT2D eigenvalue weighted by molar-refractivity contribution is 6.02. The summed E-state index contributed by atoms with van der Waals surface area (Å²) in [5.74, 6) is 0.0892. The molecule has 0 bridgehead atoms. The first kappa shape index (κ1) is 16.5. The molecule has 3 heteroatoms. The number of carbonyl (C=O) groups is 1. The number of carbonyl (C=O) groups excluding carboxylic acids is 1. The van der Waals surface area contributed by atoms with Crippen molar-refractivity contribution >= 4 is 22.4 Å². The fraction of sp³-hybridized carbons (Fsp3) is 0.421. The van der Waals surface area contributed by atoms with Crippen LogP contribution in [0.25, 0.3) is 10.8 Å². The molecule has 0 atom stereocenters. The number of unbranched alkanes of at least 4 members (excludes halogenated alkanes) is 1. The van der Waals surface area contributed by atoms with Crippen LogP contribution in [0.4, 0.5) is 5.69 Å². The van der Waals surface area contributed by atoms with Crippen molar-refractivity contribution in [3.63, 3.8) is 0 Å². The number of anilines is 1. The molecule has 2 aromatic carbocycles. The van der Waals surface area contributed by atoms with Crippen LogP contribution in [-0.2, 0) is 4.79 Å². The van der Waals surface area contributed by atoms with Crippen LogP contribution in [0.2, 0.25) is 0 Å². The van der Waals surface area contributed by atoms with E-state index in [1.54, 1.807) is 0 Å². The molecule has 0 fully saturated rings. The van der Waals surface area contributed by atoms with E-state index in [2.05, 4.69) is 36.2 Å². The third-order valence-corrected chi connectivity index (χ3v) is 3.99. The molecular formula is C19H26N2O. The van der Waals surface area contributed by atoms with Gasteiger partial charge in [-0.25, -0.2) is 0 Å². The number of nitrogens with one attached hydrogen (secondary N) is 1. The maximum Gasteiger partial charge on any atom is 0.225 e. The molecule has 1 N–H and O–H groups in total. The van der Waals surface area contributed by atoms with Crippen LogP contribution in [0.1, 0.15) is 33.1 Å². The topological polar surface area (TPSA) is 32.3 Å². The van der Waals surface area contributed by atoms with E-state index in [0.29, 0.717) is 6.42 Å². The number of hydrogen-bond acceptors (Lipinski definition) is 2. The highest BCUT2D eigenvalue weighted by Crippen LogP contribution is 2.22. The van der Waals surface area contributed by atoms with Crippen LogP contribution >= 0.6 is 0 Å². The van der Waals surface area contributed by atoms with Crippen LogP contribution in [0.5, 0.6) is 0 Å². The summed E-state index contributed by atoms with van der Waals surface area (Å²) in [4.78, 5) is 14.6. The second kappa shape index (κ2) is 8.54. The van der Waals surface area contributed by atoms with E-state index < -0.39 is 0 Å². The van der Waals surface area contributed by atoms with Gasteiger partial charge in [0.1, 0.15) is 0 Å². The first-order chi connectivity index (χ1) is 10.7. The maximum atomic E-state index is 12.2. The molecule has 0 aliphatic rings. The van der Waals surface area contributed by atoms with Gasteiger partial charge in [-0.3, -0.25) is 4.79 Å². The van der Waals surface area contributed by atoms with E-state index in [-0.39, 0.29) is 5.91 Å². The summed E-state index contributed by atoms with van der Waals surface area (Å²) < 4.78 is 0. The third-order valence-electron chi connectivity index (χ3n) is 3.99. The highest BCUT2D eigenvalue weighted by Gasteiger charge is 2.08. The molecule has 22 heavy (non-hydrogen) atoms. The van der Waals surface area contributed by atoms with Crippen molar-refractivity contribution in [1.29, 1.82) is 0 Å². The molecule has 0 heterocycles. The molecule has 0 radical (unpaired) electrons. The Hall–Kier alpha value is -1.87. The Kier molecular flexibility index (Phi) is 6.41. The first-order valence-electron chi connectivity index (χ1n) is 8.24. The van der Waals surface area contributed by atoms with Crippen molar-refractivity contribution in [2.75, 3.05) is 25.0 Å². The zero-order valence-electron chi connectivity index (χ0n) is 13.6. The lowest BCUT2D eigenvalue weighted by molar-refractivity contribution is -0.116. The molecule has 2 aromatic rings. The van der Waals surface area contributed by atoms with Crippen molar-refractivity contribution in [1.82, 2.24) is 4.90 Å². The Morgan fingerprint density at radius 2 is 1.82 bits per heavy atom. The van der Waals surface area contributed by atoms with Gasteiger partial charge < -0.3 is 10.2 Å². The number of benzene rings is 2. The Balaban J connectivity index is 1.93. The van der Waals surface area contributed by atoms with E-state index in [1.165, 1.54) is 12.8 Å². The lowest BCUT2D eigenvalue weighted by Gasteiger charge is -2.19. The van der Waals surface area contributed by atoms with Crippen LogP contribution < -0.4 is 5.32 Å². The lowest BCUT2D eigenvalue weighted by Crippen LogP contribution is -2.28. The quantitative estimate of drug-likeness (QED) is 0.788. The summed E-state index contributed by atoms with van der Waals surface area (Å²) in [5.41, 5.74) is 0.903. The van der Waals surface area contributed by atoms with Gasteiger partial charge in [0.05, 0.1) is 0 Å². The number of fused-ring (bicyclic) bond motifs is 1. The summed E-state index contributed by atoms with van der Waals surface area (Å²) >= 11 is 0. The standard InChI is InChI=1S/C19H26N2O/c1-3-5-14-21(4-2)15-13-19(22)20-18-12-8-10-16-9-6-7-11-17(16)18/h6-12H,3-5,13-15H2,1-2H3,(H,20,22). The minimum absolute atomic E-state index is 0.0892. The third kappa shape index (κ3) is 4.57. The van der Waals surface area contributed by atoms with Crippen molar-refractivity contribution < 1.29 is 4.79 Å². The zero-order chi connectivity index (χ0) is 15.8. The predicted molar refractivity (Wildman–Crippen MR) is 94.2 cm³/mol. The molecule has 0 aliphatic heterocycles. The van der Waals surface area contributed by atoms with Crippen molar-refractivity contribution in [3.8, 4) is 0 Å². The molecule has 0 saturated carbocycles. The summed E-state index contributed by atoms with van der Waals surface area (Å²) in [6.07, 6.45) is 2.93. The monoisotopic (exact) mass is 298 g/mol. The van der Waals surface area contributed by atoms with Crippen LogP contribution in [0.15, 0.2) is 42.5 Å². The van der Waals surface area contributed by atoms with Gasteiger partial charge in [-0.15, -0.1) is 0 Å². The Morgan fingerprint density at radius 3 is 2.59 bits per heavy atom. The number of amides is 1. The SMILES string of the molecule is CCCCN(CC)CCC(=O)Nc1cccc2ccccc12. The summed E-state index contributed by atoms with van der Waals surface area (Å²) in [7, 11) is 0. The maximum absolute atomic E-state index is 12.2. The highest BCUT2D eigenvalue weighted by atomic mass is 16.1. The van der Waals surface area contributed by atoms with Gasteiger partial charge in [0.2, 0.25) is 5.91 Å². The van der Waals surface area contributed by atoms with Crippen molar-refractivity contribution in [2.45, 2.75) is 33.1 Å². The number of nitrogens with zero attached hydrogens (tertiary/aromatic N) is 1. The summed E-state index contributed by atoms with van der Waals surface area (Å²) in [5, 5.41) is 5.30. The van der Waals surface area contributed by atoms with Gasteiger partial charge in [-0.2, -0.15) is 0 Å². The molecular weight excluding hydrogens is 272 g/mol. The van der Waals surface area contributed by atoms with Crippen LogP contribution in [0.3, 0.4) is 0 Å². The minimum Gasteiger partial charge on any atom is -0.325 e. The fourth-order valence-corrected chi connectivity index (χ4v) is 2.62. The van der Waals surface area contributed by atoms with E-state index >= 15 is 0 Å². The molecule has 0 unspecified atom stereocenters. The average Bonchev–Trinajstić information content (AvgIpc) is 2.55. The molecule has 2 rings (SSSR count). The average molecular weight is 298 g/mol. The van der Waals surface area contributed by atoms with Gasteiger partial charge in [0.15, 0.2) is 0 Å². The van der Waals surface area contributed by atoms with Crippen LogP contribution in [-0.4, -0.2) is 30.4 Å².